The van der Waals surface area contributed by atoms with E-state index in [1.807, 2.05) is 201 Å². The van der Waals surface area contributed by atoms with E-state index in [4.69, 9.17) is 19.2 Å². The van der Waals surface area contributed by atoms with E-state index in [1.165, 1.54) is 12.7 Å². The zero-order chi connectivity index (χ0) is 64.3. The first-order chi connectivity index (χ1) is 45.6. The normalized spacial score (nSPS) is 12.3. The predicted molar refractivity (Wildman–Crippen MR) is 375 cm³/mol. The van der Waals surface area contributed by atoms with E-state index >= 15 is 0 Å². The zero-order valence-corrected chi connectivity index (χ0v) is 53.6. The van der Waals surface area contributed by atoms with Gasteiger partial charge in [0.15, 0.2) is 34.8 Å². The smallest absolute Gasteiger partial charge is 0.257 e. The maximum absolute atomic E-state index is 5.58. The Balaban J connectivity index is 0.000000140. The zero-order valence-electron chi connectivity index (χ0n) is 52.8. The van der Waals surface area contributed by atoms with Gasteiger partial charge in [-0.2, -0.15) is 0 Å². The third-order valence-electron chi connectivity index (χ3n) is 13.1. The van der Waals surface area contributed by atoms with E-state index < -0.39 is 0 Å². The SMILES string of the molecule is CC.CC.CC.CC.c1ccc(Nc2ncnc3cc4c(nc23)NCCN4)cc1.c1ccc(Nc2ncnc3cc4c(nc23)OCCN4)cc1.c1ccc(Nc2ncnc3cc4c(nc23)OCCO4)cc1.c1ccc(Nc2ncnc3cc4c(nc23)SCCN4)cc1. The van der Waals surface area contributed by atoms with E-state index in [0.717, 1.165) is 116 Å². The first-order valence-electron chi connectivity index (χ1n) is 31.0. The number of nitrogens with one attached hydrogen (secondary N) is 8. The summed E-state index contributed by atoms with van der Waals surface area (Å²) in [7, 11) is 0. The molecule has 24 heteroatoms. The number of thioether (sulfide) groups is 1. The Morgan fingerprint density at radius 2 is 0.728 bits per heavy atom. The summed E-state index contributed by atoms with van der Waals surface area (Å²) in [6.07, 6.45) is 6.16. The lowest BCUT2D eigenvalue weighted by Gasteiger charge is -2.19. The lowest BCUT2D eigenvalue weighted by Crippen LogP contribution is -2.21. The van der Waals surface area contributed by atoms with Gasteiger partial charge in [-0.05, 0) is 66.7 Å². The molecule has 8 N–H and O–H groups in total. The van der Waals surface area contributed by atoms with E-state index in [2.05, 4.69) is 97.4 Å². The maximum Gasteiger partial charge on any atom is 0.257 e. The molecule has 0 fully saturated rings. The van der Waals surface area contributed by atoms with Crippen LogP contribution in [0.25, 0.3) is 44.1 Å². The summed E-state index contributed by atoms with van der Waals surface area (Å²) in [5.41, 5.74) is 12.8. The number of hydrogen-bond acceptors (Lipinski definition) is 24. The van der Waals surface area contributed by atoms with Crippen LogP contribution in [0.5, 0.6) is 17.5 Å². The second kappa shape index (κ2) is 34.1. The second-order valence-corrected chi connectivity index (χ2v) is 19.9. The molecule has 4 aliphatic rings. The Morgan fingerprint density at radius 3 is 1.23 bits per heavy atom. The van der Waals surface area contributed by atoms with Crippen LogP contribution in [0.1, 0.15) is 55.4 Å². The van der Waals surface area contributed by atoms with Gasteiger partial charge < -0.3 is 56.7 Å². The maximum atomic E-state index is 5.58. The number of hydrogen-bond donors (Lipinski definition) is 8. The van der Waals surface area contributed by atoms with Crippen molar-refractivity contribution in [2.75, 3.05) is 94.3 Å². The molecule has 4 aliphatic heterocycles. The fraction of sp³-hybridized carbons (Fsp3) is 0.235. The highest BCUT2D eigenvalue weighted by molar-refractivity contribution is 7.99. The number of pyridine rings is 4. The van der Waals surface area contributed by atoms with Crippen LogP contribution in [0, 0.1) is 0 Å². The van der Waals surface area contributed by atoms with Crippen LogP contribution in [0.3, 0.4) is 0 Å². The molecule has 92 heavy (non-hydrogen) atoms. The Morgan fingerprint density at radius 1 is 0.348 bits per heavy atom. The van der Waals surface area contributed by atoms with Crippen molar-refractivity contribution in [2.24, 2.45) is 0 Å². The number of rotatable bonds is 8. The van der Waals surface area contributed by atoms with Gasteiger partial charge in [-0.3, -0.25) is 0 Å². The van der Waals surface area contributed by atoms with Crippen molar-refractivity contribution in [2.45, 2.75) is 60.4 Å². The highest BCUT2D eigenvalue weighted by atomic mass is 32.2. The highest BCUT2D eigenvalue weighted by Gasteiger charge is 2.20. The van der Waals surface area contributed by atoms with E-state index in [-0.39, 0.29) is 0 Å². The predicted octanol–water partition coefficient (Wildman–Crippen LogP) is 15.1. The number of anilines is 12. The number of fused-ring (bicyclic) bond motifs is 8. The van der Waals surface area contributed by atoms with E-state index in [0.29, 0.717) is 71.3 Å². The number of nitrogens with zero attached hydrogens (tertiary/aromatic N) is 12. The van der Waals surface area contributed by atoms with Crippen LogP contribution in [0.2, 0.25) is 0 Å². The number of benzene rings is 4. The fourth-order valence-corrected chi connectivity index (χ4v) is 10.00. The lowest BCUT2D eigenvalue weighted by atomic mass is 10.2. The van der Waals surface area contributed by atoms with Crippen LogP contribution in [0.4, 0.5) is 68.9 Å². The summed E-state index contributed by atoms with van der Waals surface area (Å²) in [6.45, 7) is 21.1. The average Bonchev–Trinajstić information content (AvgIpc) is 0.962. The molecule has 0 aliphatic carbocycles. The number of ether oxygens (including phenoxy) is 3. The molecule has 0 saturated heterocycles. The molecule has 0 amide bonds. The third-order valence-corrected chi connectivity index (χ3v) is 14.1. The van der Waals surface area contributed by atoms with Gasteiger partial charge in [0.2, 0.25) is 5.88 Å². The standard InChI is InChI=1S/C15H14N6.C15H13N5O.C15H13N5S.C15H12N4O2.4C2H6/c1-2-4-10(5-3-1)20-15-13-11(18-9-19-15)8-12-14(21-13)17-7-6-16-12;2*1-2-4-10(5-3-1)19-14-13-11(17-9-18-14)8-12-15(20-13)21-7-6-16-12;1-2-4-10(5-3-1)18-14-13-11(16-9-17-14)8-12-15(19-13)21-7-6-20-12;4*1-2/h1-5,8-9,16H,6-7H2,(H,17,21)(H,18,19,20);2*1-5,8-9,16H,6-7H2,(H,17,18,19);1-5,8-9H,6-7H2,(H,16,17,18);4*1-2H3. The quantitative estimate of drug-likeness (QED) is 0.0702. The van der Waals surface area contributed by atoms with Gasteiger partial charge >= 0.3 is 0 Å². The fourth-order valence-electron chi connectivity index (χ4n) is 9.16. The highest BCUT2D eigenvalue weighted by Crippen LogP contribution is 2.36. The molecule has 0 bridgehead atoms. The van der Waals surface area contributed by atoms with Gasteiger partial charge in [0.25, 0.3) is 5.88 Å². The number of para-hydroxylation sites is 4. The van der Waals surface area contributed by atoms with Crippen molar-refractivity contribution >= 4 is 125 Å². The van der Waals surface area contributed by atoms with Gasteiger partial charge in [-0.1, -0.05) is 128 Å². The van der Waals surface area contributed by atoms with Crippen LogP contribution < -0.4 is 56.7 Å². The summed E-state index contributed by atoms with van der Waals surface area (Å²) in [6, 6.07) is 47.4. The Labute approximate surface area is 539 Å². The summed E-state index contributed by atoms with van der Waals surface area (Å²) in [5.74, 6) is 6.34. The summed E-state index contributed by atoms with van der Waals surface area (Å²) < 4.78 is 16.6. The first kappa shape index (κ1) is 65.4. The number of aromatic nitrogens is 12. The Kier molecular flexibility index (Phi) is 24.3. The molecule has 4 aromatic carbocycles. The van der Waals surface area contributed by atoms with E-state index in [1.54, 1.807) is 24.4 Å². The average molecular weight is 1250 g/mol. The minimum atomic E-state index is 0.486. The molecule has 23 nitrogen and oxygen atoms in total. The molecular formula is C68H76N20O3S. The van der Waals surface area contributed by atoms with Crippen molar-refractivity contribution < 1.29 is 14.2 Å². The topological polar surface area (TPSA) is 279 Å². The molecule has 472 valence electrons. The van der Waals surface area contributed by atoms with Crippen molar-refractivity contribution in [3.63, 3.8) is 0 Å². The summed E-state index contributed by atoms with van der Waals surface area (Å²) in [4.78, 5) is 52.8. The van der Waals surface area contributed by atoms with Crippen molar-refractivity contribution in [1.29, 1.82) is 0 Å². The molecule has 12 heterocycles. The van der Waals surface area contributed by atoms with Gasteiger partial charge in [-0.25, -0.2) is 59.8 Å². The minimum absolute atomic E-state index is 0.486. The minimum Gasteiger partial charge on any atom is -0.484 e. The van der Waals surface area contributed by atoms with Crippen molar-refractivity contribution in [1.82, 2.24) is 59.8 Å². The Bertz CT molecular complexity index is 3720. The van der Waals surface area contributed by atoms with Crippen LogP contribution >= 0.6 is 11.8 Å². The Hall–Kier alpha value is -11.0. The molecule has 16 rings (SSSR count). The van der Waals surface area contributed by atoms with Crippen LogP contribution in [-0.2, 0) is 0 Å². The van der Waals surface area contributed by atoms with Gasteiger partial charge in [0, 0.05) is 60.7 Å². The largest absolute Gasteiger partial charge is 0.484 e. The third kappa shape index (κ3) is 16.8. The molecule has 8 aromatic heterocycles. The molecule has 0 spiro atoms. The van der Waals surface area contributed by atoms with Crippen molar-refractivity contribution in [3.05, 3.63) is 171 Å². The molecule has 0 saturated carbocycles. The lowest BCUT2D eigenvalue weighted by molar-refractivity contribution is 0.165. The van der Waals surface area contributed by atoms with Gasteiger partial charge in [0.1, 0.15) is 72.2 Å². The molecule has 12 aromatic rings. The van der Waals surface area contributed by atoms with Crippen molar-refractivity contribution in [3.8, 4) is 17.5 Å². The molecule has 0 radical (unpaired) electrons. The molecular weight excluding hydrogens is 1180 g/mol. The van der Waals surface area contributed by atoms with E-state index in [9.17, 15) is 0 Å². The summed E-state index contributed by atoms with van der Waals surface area (Å²) >= 11 is 1.76. The molecule has 0 unspecified atom stereocenters. The first-order valence-corrected chi connectivity index (χ1v) is 32.0. The van der Waals surface area contributed by atoms with Gasteiger partial charge in [-0.15, -0.1) is 11.8 Å². The second-order valence-electron chi connectivity index (χ2n) is 18.8. The van der Waals surface area contributed by atoms with Crippen LogP contribution in [-0.4, -0.2) is 112 Å². The van der Waals surface area contributed by atoms with Crippen LogP contribution in [0.15, 0.2) is 176 Å². The summed E-state index contributed by atoms with van der Waals surface area (Å²) in [5, 5.41) is 27.3. The molecule has 0 atom stereocenters. The van der Waals surface area contributed by atoms with Gasteiger partial charge in [0.05, 0.1) is 39.1 Å². The monoisotopic (exact) mass is 1250 g/mol.